The Bertz CT molecular complexity index is 781. The maximum Gasteiger partial charge on any atom is 0.258 e. The second-order valence-corrected chi connectivity index (χ2v) is 9.49. The Balaban J connectivity index is 1.77. The molecule has 2 amide bonds. The third kappa shape index (κ3) is 5.40. The number of aromatic nitrogens is 2. The molecule has 1 aromatic heterocycles. The number of amides is 2. The minimum Gasteiger partial charge on any atom is -0.477 e. The number of carbonyl (C=O) groups excluding carboxylic acids is 2. The fourth-order valence-corrected chi connectivity index (χ4v) is 4.42. The van der Waals surface area contributed by atoms with Gasteiger partial charge >= 0.3 is 0 Å². The van der Waals surface area contributed by atoms with Gasteiger partial charge in [0, 0.05) is 19.2 Å². The summed E-state index contributed by atoms with van der Waals surface area (Å²) in [6.07, 6.45) is 9.97. The van der Waals surface area contributed by atoms with Gasteiger partial charge in [-0.05, 0) is 56.9 Å². The van der Waals surface area contributed by atoms with E-state index in [2.05, 4.69) is 29.6 Å². The maximum atomic E-state index is 13.0. The number of hydrogen-bond donors (Lipinski definition) is 2. The molecule has 0 saturated heterocycles. The minimum absolute atomic E-state index is 0.109. The van der Waals surface area contributed by atoms with Crippen LogP contribution in [0.4, 0.5) is 0 Å². The smallest absolute Gasteiger partial charge is 0.258 e. The summed E-state index contributed by atoms with van der Waals surface area (Å²) < 4.78 is 7.54. The van der Waals surface area contributed by atoms with Crippen molar-refractivity contribution in [2.24, 2.45) is 17.8 Å². The van der Waals surface area contributed by atoms with Crippen LogP contribution >= 0.6 is 0 Å². The Morgan fingerprint density at radius 3 is 2.69 bits per heavy atom. The number of carbonyl (C=O) groups is 2. The van der Waals surface area contributed by atoms with E-state index in [1.54, 1.807) is 17.1 Å². The number of fused-ring (bicyclic) bond motifs is 2. The van der Waals surface area contributed by atoms with Crippen LogP contribution in [0.3, 0.4) is 0 Å². The van der Waals surface area contributed by atoms with Crippen LogP contribution in [-0.4, -0.2) is 39.8 Å². The van der Waals surface area contributed by atoms with Crippen LogP contribution in [0.5, 0.6) is 5.88 Å². The van der Waals surface area contributed by atoms with Crippen molar-refractivity contribution in [1.29, 1.82) is 0 Å². The normalized spacial score (nSPS) is 23.7. The predicted octanol–water partition coefficient (Wildman–Crippen LogP) is 3.22. The van der Waals surface area contributed by atoms with Crippen LogP contribution in [0.15, 0.2) is 12.3 Å². The summed E-state index contributed by atoms with van der Waals surface area (Å²) in [6, 6.07) is 0.261. The molecule has 2 N–H and O–H groups in total. The molecule has 1 heterocycles. The first-order valence-corrected chi connectivity index (χ1v) is 10.6. The Kier molecular flexibility index (Phi) is 6.34. The molecule has 29 heavy (non-hydrogen) atoms. The topological polar surface area (TPSA) is 85.2 Å². The molecule has 160 valence electrons. The van der Waals surface area contributed by atoms with E-state index in [-0.39, 0.29) is 17.9 Å². The van der Waals surface area contributed by atoms with E-state index >= 15 is 0 Å². The van der Waals surface area contributed by atoms with Crippen LogP contribution in [0.1, 0.15) is 70.7 Å². The number of hydrogen-bond acceptors (Lipinski definition) is 4. The van der Waals surface area contributed by atoms with E-state index in [0.717, 1.165) is 12.3 Å². The highest BCUT2D eigenvalue weighted by molar-refractivity contribution is 5.96. The van der Waals surface area contributed by atoms with E-state index in [1.165, 1.54) is 26.2 Å². The lowest BCUT2D eigenvalue weighted by atomic mass is 9.95. The zero-order valence-corrected chi connectivity index (χ0v) is 18.2. The molecule has 0 aromatic carbocycles. The largest absolute Gasteiger partial charge is 0.477 e. The second-order valence-electron chi connectivity index (χ2n) is 9.49. The third-order valence-corrected chi connectivity index (χ3v) is 5.73. The van der Waals surface area contributed by atoms with Crippen molar-refractivity contribution in [2.75, 3.05) is 6.61 Å². The molecular formula is C22H34N4O3. The number of nitrogens with one attached hydrogen (secondary N) is 2. The molecule has 3 rings (SSSR count). The summed E-state index contributed by atoms with van der Waals surface area (Å²) in [5, 5.41) is 10.4. The van der Waals surface area contributed by atoms with Crippen LogP contribution in [0.2, 0.25) is 0 Å². The van der Waals surface area contributed by atoms with Gasteiger partial charge in [0.15, 0.2) is 0 Å². The summed E-state index contributed by atoms with van der Waals surface area (Å²) in [6.45, 7) is 9.89. The second kappa shape index (κ2) is 8.59. The fourth-order valence-electron chi connectivity index (χ4n) is 4.42. The summed E-state index contributed by atoms with van der Waals surface area (Å²) in [4.78, 5) is 24.4. The maximum absolute atomic E-state index is 13.0. The Labute approximate surface area is 173 Å². The predicted molar refractivity (Wildman–Crippen MR) is 112 cm³/mol. The third-order valence-electron chi connectivity index (χ3n) is 5.73. The van der Waals surface area contributed by atoms with E-state index in [9.17, 15) is 9.59 Å². The highest BCUT2D eigenvalue weighted by Crippen LogP contribution is 2.44. The number of ether oxygens (including phenoxy) is 1. The van der Waals surface area contributed by atoms with Gasteiger partial charge in [0.1, 0.15) is 5.56 Å². The molecule has 0 radical (unpaired) electrons. The SMILES string of the molecule is CC(=O)NC(C)(C)/C=C/n1ncc(C(=O)NC2CC3CCC2C3)c1OCC(C)C. The molecule has 2 bridgehead atoms. The van der Waals surface area contributed by atoms with Gasteiger partial charge in [0.25, 0.3) is 5.91 Å². The van der Waals surface area contributed by atoms with E-state index in [1.807, 2.05) is 19.9 Å². The first-order chi connectivity index (χ1) is 13.6. The van der Waals surface area contributed by atoms with Crippen molar-refractivity contribution in [1.82, 2.24) is 20.4 Å². The molecule has 2 saturated carbocycles. The molecule has 7 nitrogen and oxygen atoms in total. The standard InChI is InChI=1S/C22H34N4O3/c1-14(2)13-29-21-18(20(28)24-19-11-16-6-7-17(19)10-16)12-23-26(21)9-8-22(4,5)25-15(3)27/h8-9,12,14,16-17,19H,6-7,10-11,13H2,1-5H3,(H,24,28)(H,25,27)/b9-8+. The molecule has 0 aliphatic heterocycles. The average Bonchev–Trinajstić information content (AvgIpc) is 3.32. The van der Waals surface area contributed by atoms with Crippen molar-refractivity contribution in [3.63, 3.8) is 0 Å². The first-order valence-electron chi connectivity index (χ1n) is 10.6. The van der Waals surface area contributed by atoms with Gasteiger partial charge < -0.3 is 15.4 Å². The molecule has 1 aromatic rings. The lowest BCUT2D eigenvalue weighted by molar-refractivity contribution is -0.120. The monoisotopic (exact) mass is 402 g/mol. The van der Waals surface area contributed by atoms with Crippen LogP contribution in [-0.2, 0) is 4.79 Å². The van der Waals surface area contributed by atoms with E-state index in [0.29, 0.717) is 29.9 Å². The van der Waals surface area contributed by atoms with Crippen molar-refractivity contribution in [3.8, 4) is 5.88 Å². The highest BCUT2D eigenvalue weighted by Gasteiger charge is 2.40. The Morgan fingerprint density at radius 1 is 1.34 bits per heavy atom. The van der Waals surface area contributed by atoms with Gasteiger partial charge in [-0.1, -0.05) is 20.3 Å². The Morgan fingerprint density at radius 2 is 2.10 bits per heavy atom. The van der Waals surface area contributed by atoms with Crippen molar-refractivity contribution < 1.29 is 14.3 Å². The molecule has 2 fully saturated rings. The van der Waals surface area contributed by atoms with Gasteiger partial charge in [0.2, 0.25) is 11.8 Å². The van der Waals surface area contributed by atoms with Crippen LogP contribution in [0, 0.1) is 17.8 Å². The summed E-state index contributed by atoms with van der Waals surface area (Å²) in [7, 11) is 0. The molecule has 7 heteroatoms. The fraction of sp³-hybridized carbons (Fsp3) is 0.682. The molecule has 3 atom stereocenters. The van der Waals surface area contributed by atoms with Crippen molar-refractivity contribution in [2.45, 2.75) is 71.9 Å². The van der Waals surface area contributed by atoms with Gasteiger partial charge in [-0.25, -0.2) is 4.68 Å². The number of rotatable bonds is 8. The first kappa shape index (κ1) is 21.4. The number of nitrogens with zero attached hydrogens (tertiary/aromatic N) is 2. The summed E-state index contributed by atoms with van der Waals surface area (Å²) >= 11 is 0. The van der Waals surface area contributed by atoms with Crippen LogP contribution in [0.25, 0.3) is 6.20 Å². The lowest BCUT2D eigenvalue weighted by Gasteiger charge is -2.23. The Hall–Kier alpha value is -2.31. The molecule has 3 unspecified atom stereocenters. The summed E-state index contributed by atoms with van der Waals surface area (Å²) in [5.41, 5.74) is -0.0890. The van der Waals surface area contributed by atoms with Crippen LogP contribution < -0.4 is 15.4 Å². The van der Waals surface area contributed by atoms with Crippen molar-refractivity contribution in [3.05, 3.63) is 17.8 Å². The van der Waals surface area contributed by atoms with E-state index in [4.69, 9.17) is 4.74 Å². The van der Waals surface area contributed by atoms with Gasteiger partial charge in [-0.3, -0.25) is 9.59 Å². The van der Waals surface area contributed by atoms with Gasteiger partial charge in [-0.2, -0.15) is 5.10 Å². The zero-order chi connectivity index (χ0) is 21.2. The molecule has 2 aliphatic carbocycles. The minimum atomic E-state index is -0.543. The molecule has 2 aliphatic rings. The average molecular weight is 403 g/mol. The molecular weight excluding hydrogens is 368 g/mol. The van der Waals surface area contributed by atoms with E-state index < -0.39 is 5.54 Å². The quantitative estimate of drug-likeness (QED) is 0.699. The zero-order valence-electron chi connectivity index (χ0n) is 18.2. The van der Waals surface area contributed by atoms with Gasteiger partial charge in [0.05, 0.1) is 18.3 Å². The van der Waals surface area contributed by atoms with Gasteiger partial charge in [-0.15, -0.1) is 0 Å². The van der Waals surface area contributed by atoms with Crippen molar-refractivity contribution >= 4 is 18.0 Å². The lowest BCUT2D eigenvalue weighted by Crippen LogP contribution is -2.40. The highest BCUT2D eigenvalue weighted by atomic mass is 16.5. The molecule has 0 spiro atoms. The summed E-state index contributed by atoms with van der Waals surface area (Å²) in [5.74, 6) is 1.90.